The summed E-state index contributed by atoms with van der Waals surface area (Å²) in [6.07, 6.45) is 1.64. The number of carbonyl (C=O) groups excluding carboxylic acids is 2. The van der Waals surface area contributed by atoms with Gasteiger partial charge in [-0.3, -0.25) is 0 Å². The number of rotatable bonds is 8. The van der Waals surface area contributed by atoms with Crippen molar-refractivity contribution in [3.05, 3.63) is 25.3 Å². The van der Waals surface area contributed by atoms with Gasteiger partial charge in [-0.25, -0.2) is 9.59 Å². The minimum absolute atomic E-state index is 0. The van der Waals surface area contributed by atoms with Crippen LogP contribution in [0.1, 0.15) is 12.8 Å². The van der Waals surface area contributed by atoms with Crippen LogP contribution >= 0.6 is 0 Å². The molecule has 0 spiro atoms. The molecule has 0 rings (SSSR count). The predicted octanol–water partition coefficient (Wildman–Crippen LogP) is -1.99. The van der Waals surface area contributed by atoms with Crippen molar-refractivity contribution in [2.75, 3.05) is 13.2 Å². The molecule has 0 aromatic rings. The quantitative estimate of drug-likeness (QED) is 0.177. The third-order valence-electron chi connectivity index (χ3n) is 2.43. The Morgan fingerprint density at radius 2 is 1.25 bits per heavy atom. The van der Waals surface area contributed by atoms with Crippen LogP contribution in [-0.4, -0.2) is 108 Å². The molecular formula is C12H19KO7. The number of esters is 2. The van der Waals surface area contributed by atoms with Crippen molar-refractivity contribution < 1.29 is 34.8 Å². The Balaban J connectivity index is 0. The summed E-state index contributed by atoms with van der Waals surface area (Å²) in [4.78, 5) is 23.1. The maximum absolute atomic E-state index is 11.5. The number of hydrogen-bond acceptors (Lipinski definition) is 7. The van der Waals surface area contributed by atoms with Gasteiger partial charge < -0.3 is 25.2 Å². The zero-order chi connectivity index (χ0) is 15.1. The first-order chi connectivity index (χ1) is 8.79. The molecule has 0 saturated heterocycles. The maximum atomic E-state index is 11.5. The van der Waals surface area contributed by atoms with Crippen molar-refractivity contribution in [2.24, 2.45) is 0 Å². The number of aliphatic hydroxyl groups excluding tert-OH is 2. The SMILES string of the molecule is C=CCC(O)(CO)C(=O)OC(=O)C(O)(CO)CC=C.[KH]. The molecule has 110 valence electrons. The van der Waals surface area contributed by atoms with Crippen molar-refractivity contribution >= 4 is 63.3 Å². The number of carbonyl (C=O) groups is 2. The molecule has 20 heavy (non-hydrogen) atoms. The van der Waals surface area contributed by atoms with E-state index in [0.717, 1.165) is 12.2 Å². The first-order valence-corrected chi connectivity index (χ1v) is 5.44. The van der Waals surface area contributed by atoms with E-state index >= 15 is 0 Å². The fourth-order valence-electron chi connectivity index (χ4n) is 1.18. The van der Waals surface area contributed by atoms with Gasteiger partial charge >= 0.3 is 63.3 Å². The van der Waals surface area contributed by atoms with Crippen LogP contribution < -0.4 is 0 Å². The monoisotopic (exact) mass is 314 g/mol. The number of aliphatic hydroxyl groups is 4. The second-order valence-electron chi connectivity index (χ2n) is 4.04. The van der Waals surface area contributed by atoms with Crippen LogP contribution in [0.4, 0.5) is 0 Å². The number of hydrogen-bond donors (Lipinski definition) is 4. The van der Waals surface area contributed by atoms with E-state index in [1.807, 2.05) is 0 Å². The summed E-state index contributed by atoms with van der Waals surface area (Å²) in [7, 11) is 0. The zero-order valence-corrected chi connectivity index (χ0v) is 10.4. The van der Waals surface area contributed by atoms with Crippen LogP contribution in [0.3, 0.4) is 0 Å². The van der Waals surface area contributed by atoms with E-state index in [1.54, 1.807) is 0 Å². The predicted molar refractivity (Wildman–Crippen MR) is 71.9 cm³/mol. The molecule has 4 N–H and O–H groups in total. The van der Waals surface area contributed by atoms with Gasteiger partial charge in [0.1, 0.15) is 0 Å². The molecule has 2 unspecified atom stereocenters. The molecule has 2 atom stereocenters. The van der Waals surface area contributed by atoms with E-state index < -0.39 is 36.4 Å². The van der Waals surface area contributed by atoms with Crippen LogP contribution in [0.2, 0.25) is 0 Å². The van der Waals surface area contributed by atoms with Crippen molar-refractivity contribution in [1.29, 1.82) is 0 Å². The first kappa shape index (κ1) is 22.4. The molecule has 0 bridgehead atoms. The van der Waals surface area contributed by atoms with Gasteiger partial charge in [0, 0.05) is 12.8 Å². The van der Waals surface area contributed by atoms with Crippen LogP contribution in [0.25, 0.3) is 0 Å². The van der Waals surface area contributed by atoms with E-state index in [-0.39, 0.29) is 64.2 Å². The van der Waals surface area contributed by atoms with E-state index in [9.17, 15) is 19.8 Å². The van der Waals surface area contributed by atoms with E-state index in [0.29, 0.717) is 0 Å². The van der Waals surface area contributed by atoms with E-state index in [1.165, 1.54) is 0 Å². The van der Waals surface area contributed by atoms with Crippen molar-refractivity contribution in [3.63, 3.8) is 0 Å². The summed E-state index contributed by atoms with van der Waals surface area (Å²) in [6, 6.07) is 0. The van der Waals surface area contributed by atoms with Gasteiger partial charge in [-0.05, 0) is 0 Å². The molecular weight excluding hydrogens is 295 g/mol. The van der Waals surface area contributed by atoms with Crippen LogP contribution in [-0.2, 0) is 14.3 Å². The standard InChI is InChI=1S/C12H18O7.K.H/c1-3-5-11(17,7-13)9(15)19-10(16)12(18,8-14)6-4-2;;/h3-4,13-14,17-18H,1-2,5-8H2;;. The Morgan fingerprint density at radius 1 is 0.950 bits per heavy atom. The molecule has 8 heteroatoms. The molecule has 0 fully saturated rings. The summed E-state index contributed by atoms with van der Waals surface area (Å²) in [5, 5.41) is 37.2. The van der Waals surface area contributed by atoms with Crippen LogP contribution in [0.5, 0.6) is 0 Å². The third-order valence-corrected chi connectivity index (χ3v) is 2.43. The summed E-state index contributed by atoms with van der Waals surface area (Å²) < 4.78 is 4.27. The fraction of sp³-hybridized carbons (Fsp3) is 0.500. The molecule has 0 amide bonds. The Morgan fingerprint density at radius 3 is 1.45 bits per heavy atom. The van der Waals surface area contributed by atoms with Crippen molar-refractivity contribution in [3.8, 4) is 0 Å². The fourth-order valence-corrected chi connectivity index (χ4v) is 1.18. The summed E-state index contributed by atoms with van der Waals surface area (Å²) >= 11 is 0. The third kappa shape index (κ3) is 5.84. The molecule has 0 aliphatic rings. The Kier molecular flexibility index (Phi) is 11.1. The van der Waals surface area contributed by atoms with Gasteiger partial charge in [0.05, 0.1) is 13.2 Å². The molecule has 7 nitrogen and oxygen atoms in total. The summed E-state index contributed by atoms with van der Waals surface area (Å²) in [6.45, 7) is 4.60. The van der Waals surface area contributed by atoms with Crippen LogP contribution in [0, 0.1) is 0 Å². The second-order valence-corrected chi connectivity index (χ2v) is 4.04. The molecule has 0 heterocycles. The average molecular weight is 314 g/mol. The Labute approximate surface area is 159 Å². The second kappa shape index (κ2) is 9.93. The minimum atomic E-state index is -2.32. The summed E-state index contributed by atoms with van der Waals surface area (Å²) in [5.41, 5.74) is -4.64. The zero-order valence-electron chi connectivity index (χ0n) is 10.4. The first-order valence-electron chi connectivity index (χ1n) is 5.44. The Hall–Kier alpha value is 0.0964. The molecule has 0 aliphatic heterocycles. The normalized spacial score (nSPS) is 16.0. The van der Waals surface area contributed by atoms with Gasteiger partial charge in [-0.2, -0.15) is 0 Å². The molecule has 0 radical (unpaired) electrons. The molecule has 0 aromatic carbocycles. The van der Waals surface area contributed by atoms with Crippen molar-refractivity contribution in [1.82, 2.24) is 0 Å². The number of ether oxygens (including phenoxy) is 1. The van der Waals surface area contributed by atoms with Gasteiger partial charge in [0.15, 0.2) is 11.2 Å². The van der Waals surface area contributed by atoms with Crippen molar-refractivity contribution in [2.45, 2.75) is 24.0 Å². The van der Waals surface area contributed by atoms with Crippen LogP contribution in [0.15, 0.2) is 25.3 Å². The molecule has 0 aliphatic carbocycles. The van der Waals surface area contributed by atoms with E-state index in [4.69, 9.17) is 10.2 Å². The van der Waals surface area contributed by atoms with Gasteiger partial charge in [-0.1, -0.05) is 12.2 Å². The summed E-state index contributed by atoms with van der Waals surface area (Å²) in [5.74, 6) is -2.87. The molecule has 0 aromatic heterocycles. The van der Waals surface area contributed by atoms with Gasteiger partial charge in [-0.15, -0.1) is 13.2 Å². The Bertz CT molecular complexity index is 337. The molecule has 0 saturated carbocycles. The van der Waals surface area contributed by atoms with Gasteiger partial charge in [0.2, 0.25) is 0 Å². The topological polar surface area (TPSA) is 124 Å². The average Bonchev–Trinajstić information content (AvgIpc) is 2.38. The van der Waals surface area contributed by atoms with E-state index in [2.05, 4.69) is 17.9 Å². The van der Waals surface area contributed by atoms with Gasteiger partial charge in [0.25, 0.3) is 0 Å².